The minimum absolute atomic E-state index is 0.00478. The Morgan fingerprint density at radius 3 is 2.31 bits per heavy atom. The molecule has 2 saturated heterocycles. The van der Waals surface area contributed by atoms with Crippen LogP contribution in [0.3, 0.4) is 0 Å². The lowest BCUT2D eigenvalue weighted by Gasteiger charge is -2.47. The van der Waals surface area contributed by atoms with E-state index in [9.17, 15) is 24.3 Å². The van der Waals surface area contributed by atoms with Gasteiger partial charge in [0.1, 0.15) is 0 Å². The number of allylic oxidation sites excluding steroid dienone is 3. The Morgan fingerprint density at radius 2 is 1.60 bits per heavy atom. The first-order chi connectivity index (χ1) is 21.6. The smallest absolute Gasteiger partial charge is 0.241 e. The Morgan fingerprint density at radius 1 is 0.889 bits per heavy atom. The highest BCUT2D eigenvalue weighted by Gasteiger charge is 2.66. The van der Waals surface area contributed by atoms with Crippen LogP contribution in [-0.4, -0.2) is 35.8 Å². The van der Waals surface area contributed by atoms with Gasteiger partial charge in [-0.25, -0.2) is 4.90 Å². The van der Waals surface area contributed by atoms with Crippen LogP contribution in [-0.2, 0) is 19.2 Å². The second kappa shape index (κ2) is 10.7. The fraction of sp³-hybridized carbons (Fsp3) is 0.278. The van der Waals surface area contributed by atoms with E-state index in [0.29, 0.717) is 28.6 Å². The minimum Gasteiger partial charge on any atom is -0.504 e. The molecule has 228 valence electrons. The number of phenolic OH excluding ortho intramolecular Hbond substituents is 1. The highest BCUT2D eigenvalue weighted by molar-refractivity contribution is 6.31. The summed E-state index contributed by atoms with van der Waals surface area (Å²) in [5, 5.41) is 10.6. The maximum Gasteiger partial charge on any atom is 0.241 e. The van der Waals surface area contributed by atoms with Crippen molar-refractivity contribution in [2.75, 3.05) is 16.9 Å². The van der Waals surface area contributed by atoms with Crippen LogP contribution in [0.5, 0.6) is 11.5 Å². The molecule has 4 aliphatic rings. The van der Waals surface area contributed by atoms with Crippen molar-refractivity contribution < 1.29 is 29.0 Å². The second-order valence-corrected chi connectivity index (χ2v) is 12.8. The number of nitrogens with zero attached hydrogens (tertiary/aromatic N) is 2. The minimum atomic E-state index is -1.12. The molecule has 4 amide bonds. The average molecular weight is 623 g/mol. The van der Waals surface area contributed by atoms with E-state index in [4.69, 9.17) is 16.3 Å². The van der Waals surface area contributed by atoms with Crippen LogP contribution in [0.15, 0.2) is 90.5 Å². The number of ether oxygens (including phenoxy) is 1. The van der Waals surface area contributed by atoms with Crippen molar-refractivity contribution in [2.24, 2.45) is 35.0 Å². The van der Waals surface area contributed by atoms with Gasteiger partial charge < -0.3 is 9.84 Å². The number of rotatable bonds is 5. The van der Waals surface area contributed by atoms with E-state index >= 15 is 0 Å². The molecule has 7 rings (SSSR count). The molecular weight excluding hydrogens is 592 g/mol. The van der Waals surface area contributed by atoms with Crippen molar-refractivity contribution in [3.05, 3.63) is 101 Å². The zero-order valence-corrected chi connectivity index (χ0v) is 25.5. The van der Waals surface area contributed by atoms with E-state index in [1.807, 2.05) is 31.2 Å². The van der Waals surface area contributed by atoms with E-state index in [0.717, 1.165) is 11.1 Å². The number of carbonyl (C=O) groups excluding carboxylic acids is 4. The first-order valence-corrected chi connectivity index (χ1v) is 15.3. The standard InChI is InChI=1S/C36H31ClN2O6/c1-36-27(16-8-20-9-17-29(40)30(18-20)45-2)24-14-15-25-31(34(43)38(32(25)41)23-12-10-21(37)11-13-23)26(24)19-28(36)33(42)39(35(36)44)22-6-4-3-5-7-22/h3-14,16-18,25-28,31,40H,15,19H2,1-2H3/t25-,26+,27-,28-,31-,36-/m0/s1. The third-order valence-corrected chi connectivity index (χ3v) is 10.4. The number of imide groups is 2. The average Bonchev–Trinajstić information content (AvgIpc) is 3.41. The molecule has 45 heavy (non-hydrogen) atoms. The molecule has 8 nitrogen and oxygen atoms in total. The molecular formula is C36H31ClN2O6. The van der Waals surface area contributed by atoms with Crippen molar-refractivity contribution in [3.8, 4) is 11.5 Å². The number of amides is 4. The zero-order valence-electron chi connectivity index (χ0n) is 24.7. The molecule has 0 unspecified atom stereocenters. The Labute approximate surface area is 265 Å². The van der Waals surface area contributed by atoms with Crippen molar-refractivity contribution in [1.29, 1.82) is 0 Å². The van der Waals surface area contributed by atoms with Gasteiger partial charge in [-0.3, -0.25) is 24.1 Å². The Balaban J connectivity index is 1.33. The molecule has 1 saturated carbocycles. The second-order valence-electron chi connectivity index (χ2n) is 12.3. The molecule has 9 heteroatoms. The summed E-state index contributed by atoms with van der Waals surface area (Å²) in [4.78, 5) is 58.9. The first kappa shape index (κ1) is 29.0. The van der Waals surface area contributed by atoms with Crippen LogP contribution in [0.1, 0.15) is 25.3 Å². The van der Waals surface area contributed by atoms with Crippen LogP contribution < -0.4 is 14.5 Å². The van der Waals surface area contributed by atoms with E-state index in [1.54, 1.807) is 60.7 Å². The predicted octanol–water partition coefficient (Wildman–Crippen LogP) is 6.04. The fourth-order valence-electron chi connectivity index (χ4n) is 7.89. The van der Waals surface area contributed by atoms with Crippen molar-refractivity contribution in [3.63, 3.8) is 0 Å². The van der Waals surface area contributed by atoms with Gasteiger partial charge in [0.15, 0.2) is 11.5 Å². The monoisotopic (exact) mass is 622 g/mol. The summed E-state index contributed by atoms with van der Waals surface area (Å²) in [5.41, 5.74) is 1.48. The number of methoxy groups -OCH3 is 1. The third-order valence-electron chi connectivity index (χ3n) is 10.1. The van der Waals surface area contributed by atoms with Crippen LogP contribution in [0, 0.1) is 35.0 Å². The molecule has 2 aliphatic heterocycles. The van der Waals surface area contributed by atoms with Gasteiger partial charge in [-0.05, 0) is 79.8 Å². The van der Waals surface area contributed by atoms with Gasteiger partial charge in [0.2, 0.25) is 23.6 Å². The van der Waals surface area contributed by atoms with Gasteiger partial charge in [0.05, 0.1) is 41.7 Å². The highest BCUT2D eigenvalue weighted by Crippen LogP contribution is 2.61. The number of phenols is 1. The van der Waals surface area contributed by atoms with E-state index in [2.05, 4.69) is 0 Å². The Hall–Kier alpha value is -4.69. The normalized spacial score (nSPS) is 29.1. The number of fused-ring (bicyclic) bond motifs is 4. The first-order valence-electron chi connectivity index (χ1n) is 15.0. The molecule has 2 heterocycles. The van der Waals surface area contributed by atoms with E-state index in [-0.39, 0.29) is 35.8 Å². The Bertz CT molecular complexity index is 1800. The third kappa shape index (κ3) is 4.34. The van der Waals surface area contributed by atoms with Gasteiger partial charge in [-0.2, -0.15) is 0 Å². The highest BCUT2D eigenvalue weighted by atomic mass is 35.5. The summed E-state index contributed by atoms with van der Waals surface area (Å²) in [6.45, 7) is 1.85. The quantitative estimate of drug-likeness (QED) is 0.275. The largest absolute Gasteiger partial charge is 0.504 e. The fourth-order valence-corrected chi connectivity index (χ4v) is 8.02. The lowest BCUT2D eigenvalue weighted by atomic mass is 9.52. The number of hydrogen-bond acceptors (Lipinski definition) is 6. The number of halogens is 1. The SMILES string of the molecule is COc1cc(C=C[C@H]2C3=CC[C@@H]4C(=O)N(c5ccc(Cl)cc5)C(=O)[C@@H]4[C@@H]3C[C@H]3C(=O)N(c4ccccc4)C(=O)[C@@]23C)ccc1O. The van der Waals surface area contributed by atoms with Crippen LogP contribution >= 0.6 is 11.6 Å². The number of aromatic hydroxyl groups is 1. The molecule has 3 fully saturated rings. The number of para-hydroxylation sites is 1. The molecule has 0 spiro atoms. The molecule has 2 aliphatic carbocycles. The summed E-state index contributed by atoms with van der Waals surface area (Å²) < 4.78 is 5.29. The molecule has 0 bridgehead atoms. The zero-order chi connectivity index (χ0) is 31.6. The Kier molecular flexibility index (Phi) is 6.93. The summed E-state index contributed by atoms with van der Waals surface area (Å²) in [6.07, 6.45) is 6.43. The topological polar surface area (TPSA) is 104 Å². The number of hydrogen-bond donors (Lipinski definition) is 1. The summed E-state index contributed by atoms with van der Waals surface area (Å²) >= 11 is 6.08. The lowest BCUT2D eigenvalue weighted by Crippen LogP contribution is -2.49. The van der Waals surface area contributed by atoms with Crippen molar-refractivity contribution in [1.82, 2.24) is 0 Å². The molecule has 1 N–H and O–H groups in total. The van der Waals surface area contributed by atoms with Gasteiger partial charge in [0, 0.05) is 10.9 Å². The van der Waals surface area contributed by atoms with Crippen LogP contribution in [0.25, 0.3) is 6.08 Å². The van der Waals surface area contributed by atoms with E-state index in [1.165, 1.54) is 23.0 Å². The van der Waals surface area contributed by atoms with Gasteiger partial charge in [-0.15, -0.1) is 0 Å². The maximum absolute atomic E-state index is 14.4. The van der Waals surface area contributed by atoms with Crippen LogP contribution in [0.2, 0.25) is 5.02 Å². The molecule has 3 aromatic carbocycles. The van der Waals surface area contributed by atoms with E-state index < -0.39 is 35.0 Å². The number of carbonyl (C=O) groups is 4. The molecule has 0 aromatic heterocycles. The van der Waals surface area contributed by atoms with Crippen molar-refractivity contribution >= 4 is 52.7 Å². The summed E-state index contributed by atoms with van der Waals surface area (Å²) in [7, 11) is 1.47. The number of benzene rings is 3. The van der Waals surface area contributed by atoms with Gasteiger partial charge in [-0.1, -0.05) is 59.7 Å². The molecule has 3 aromatic rings. The van der Waals surface area contributed by atoms with Crippen LogP contribution in [0.4, 0.5) is 11.4 Å². The predicted molar refractivity (Wildman–Crippen MR) is 169 cm³/mol. The maximum atomic E-state index is 14.4. The molecule has 6 atom stereocenters. The molecule has 0 radical (unpaired) electrons. The van der Waals surface area contributed by atoms with Gasteiger partial charge in [0.25, 0.3) is 0 Å². The lowest BCUT2D eigenvalue weighted by molar-refractivity contribution is -0.132. The number of anilines is 2. The van der Waals surface area contributed by atoms with Crippen molar-refractivity contribution in [2.45, 2.75) is 19.8 Å². The summed E-state index contributed by atoms with van der Waals surface area (Å²) in [6, 6.07) is 20.5. The summed E-state index contributed by atoms with van der Waals surface area (Å²) in [5.74, 6) is -3.70. The van der Waals surface area contributed by atoms with Gasteiger partial charge >= 0.3 is 0 Å².